The Bertz CT molecular complexity index is 1300. The summed E-state index contributed by atoms with van der Waals surface area (Å²) >= 11 is 1.56. The summed E-state index contributed by atoms with van der Waals surface area (Å²) in [6.07, 6.45) is 9.20. The Kier molecular flexibility index (Phi) is 5.69. The predicted octanol–water partition coefficient (Wildman–Crippen LogP) is 3.34. The van der Waals surface area contributed by atoms with Gasteiger partial charge in [0.1, 0.15) is 17.7 Å². The van der Waals surface area contributed by atoms with Crippen LogP contribution in [0.5, 0.6) is 0 Å². The van der Waals surface area contributed by atoms with Crippen LogP contribution in [-0.4, -0.2) is 56.5 Å². The van der Waals surface area contributed by atoms with Crippen molar-refractivity contribution in [2.24, 2.45) is 16.6 Å². The van der Waals surface area contributed by atoms with E-state index in [-0.39, 0.29) is 12.1 Å². The Balaban J connectivity index is 1.15. The van der Waals surface area contributed by atoms with E-state index in [0.717, 1.165) is 58.8 Å². The average Bonchev–Trinajstić information content (AvgIpc) is 3.50. The van der Waals surface area contributed by atoms with E-state index >= 15 is 0 Å². The van der Waals surface area contributed by atoms with Crippen LogP contribution in [0.2, 0.25) is 0 Å². The molecule has 8 nitrogen and oxygen atoms in total. The molecule has 0 radical (unpaired) electrons. The van der Waals surface area contributed by atoms with Crippen LogP contribution in [-0.2, 0) is 4.79 Å². The number of pyridine rings is 1. The van der Waals surface area contributed by atoms with Crippen molar-refractivity contribution < 1.29 is 4.79 Å². The van der Waals surface area contributed by atoms with Gasteiger partial charge in [0.15, 0.2) is 0 Å². The van der Waals surface area contributed by atoms with E-state index < -0.39 is 0 Å². The first-order valence-corrected chi connectivity index (χ1v) is 12.8. The quantitative estimate of drug-likeness (QED) is 0.479. The fraction of sp³-hybridized carbons (Fsp3) is 0.269. The zero-order valence-electron chi connectivity index (χ0n) is 19.2. The summed E-state index contributed by atoms with van der Waals surface area (Å²) < 4.78 is 0. The number of nitrogens with one attached hydrogen (secondary N) is 2. The molecule has 3 aliphatic heterocycles. The summed E-state index contributed by atoms with van der Waals surface area (Å²) in [4.78, 5) is 30.0. The maximum absolute atomic E-state index is 12.8. The SMILES string of the molecule is NC1=NC=CN2C1=C(c1cc3ccccc3[nH]1)NC2C1CCN(C(=O)CSc2ccncc2)CC1. The van der Waals surface area contributed by atoms with Gasteiger partial charge in [-0.15, -0.1) is 11.8 Å². The second-order valence-corrected chi connectivity index (χ2v) is 10.0. The van der Waals surface area contributed by atoms with Crippen LogP contribution in [0, 0.1) is 5.92 Å². The summed E-state index contributed by atoms with van der Waals surface area (Å²) in [5, 5.41) is 4.91. The first kappa shape index (κ1) is 21.8. The maximum Gasteiger partial charge on any atom is 0.232 e. The third-order valence-electron chi connectivity index (χ3n) is 6.92. The van der Waals surface area contributed by atoms with Crippen LogP contribution < -0.4 is 11.1 Å². The van der Waals surface area contributed by atoms with Gasteiger partial charge in [-0.1, -0.05) is 18.2 Å². The van der Waals surface area contributed by atoms with E-state index in [2.05, 4.69) is 43.4 Å². The number of hydrogen-bond donors (Lipinski definition) is 3. The third-order valence-corrected chi connectivity index (χ3v) is 7.92. The molecule has 1 atom stereocenters. The number of H-pyrrole nitrogens is 1. The number of nitrogens with two attached hydrogens (primary N) is 1. The van der Waals surface area contributed by atoms with Crippen molar-refractivity contribution in [1.29, 1.82) is 0 Å². The van der Waals surface area contributed by atoms with Crippen LogP contribution in [0.4, 0.5) is 0 Å². The van der Waals surface area contributed by atoms with E-state index in [0.29, 0.717) is 17.5 Å². The predicted molar refractivity (Wildman–Crippen MR) is 139 cm³/mol. The minimum atomic E-state index is 0.0696. The van der Waals surface area contributed by atoms with Gasteiger partial charge >= 0.3 is 0 Å². The molecule has 2 aromatic heterocycles. The highest BCUT2D eigenvalue weighted by molar-refractivity contribution is 8.00. The Morgan fingerprint density at radius 1 is 1.14 bits per heavy atom. The number of aromatic amines is 1. The standard InChI is InChI=1S/C26H27N7OS/c27-25-24-23(21-15-18-3-1-2-4-20(18)30-21)31-26(33(24)14-11-29-25)17-7-12-32(13-8-17)22(34)16-35-19-5-9-28-10-6-19/h1-6,9-11,14-15,17,26,30-31H,7-8,12-13,16H2,(H2,27,29). The summed E-state index contributed by atoms with van der Waals surface area (Å²) in [6, 6.07) is 14.3. The lowest BCUT2D eigenvalue weighted by Crippen LogP contribution is -2.48. The van der Waals surface area contributed by atoms with E-state index in [9.17, 15) is 4.79 Å². The summed E-state index contributed by atoms with van der Waals surface area (Å²) in [7, 11) is 0. The first-order chi connectivity index (χ1) is 17.2. The number of piperidine rings is 1. The van der Waals surface area contributed by atoms with Crippen molar-refractivity contribution in [3.63, 3.8) is 0 Å². The fourth-order valence-electron chi connectivity index (χ4n) is 5.12. The van der Waals surface area contributed by atoms with E-state index in [4.69, 9.17) is 5.73 Å². The number of hydrogen-bond acceptors (Lipinski definition) is 7. The van der Waals surface area contributed by atoms with Crippen LogP contribution in [0.3, 0.4) is 0 Å². The van der Waals surface area contributed by atoms with Gasteiger partial charge < -0.3 is 25.8 Å². The van der Waals surface area contributed by atoms with Gasteiger partial charge in [0.25, 0.3) is 0 Å². The maximum atomic E-state index is 12.8. The second kappa shape index (κ2) is 9.14. The van der Waals surface area contributed by atoms with Crippen molar-refractivity contribution >= 4 is 40.1 Å². The molecule has 1 saturated heterocycles. The van der Waals surface area contributed by atoms with Crippen LogP contribution in [0.1, 0.15) is 18.5 Å². The lowest BCUT2D eigenvalue weighted by Gasteiger charge is -2.38. The molecule has 1 unspecified atom stereocenters. The number of para-hydroxylation sites is 1. The molecule has 1 fully saturated rings. The van der Waals surface area contributed by atoms with E-state index in [1.807, 2.05) is 35.4 Å². The molecule has 35 heavy (non-hydrogen) atoms. The fourth-order valence-corrected chi connectivity index (χ4v) is 5.91. The highest BCUT2D eigenvalue weighted by Crippen LogP contribution is 2.36. The number of benzene rings is 1. The zero-order valence-corrected chi connectivity index (χ0v) is 20.0. The molecule has 1 aromatic carbocycles. The van der Waals surface area contributed by atoms with E-state index in [1.54, 1.807) is 30.4 Å². The number of rotatable bonds is 5. The zero-order chi connectivity index (χ0) is 23.8. The molecule has 178 valence electrons. The van der Waals surface area contributed by atoms with Crippen LogP contribution in [0.25, 0.3) is 16.6 Å². The summed E-state index contributed by atoms with van der Waals surface area (Å²) in [5.41, 5.74) is 10.3. The highest BCUT2D eigenvalue weighted by Gasteiger charge is 2.40. The van der Waals surface area contributed by atoms with Crippen LogP contribution in [0.15, 0.2) is 82.8 Å². The van der Waals surface area contributed by atoms with Gasteiger partial charge in [-0.3, -0.25) is 9.78 Å². The Hall–Kier alpha value is -3.72. The number of nitrogens with zero attached hydrogens (tertiary/aromatic N) is 4. The van der Waals surface area contributed by atoms with Gasteiger partial charge in [0.2, 0.25) is 5.91 Å². The molecule has 5 heterocycles. The van der Waals surface area contributed by atoms with Gasteiger partial charge in [0.05, 0.1) is 17.1 Å². The summed E-state index contributed by atoms with van der Waals surface area (Å²) in [6.45, 7) is 1.52. The molecule has 4 N–H and O–H groups in total. The van der Waals surface area contributed by atoms with Gasteiger partial charge in [-0.25, -0.2) is 4.99 Å². The van der Waals surface area contributed by atoms with Crippen molar-refractivity contribution in [1.82, 2.24) is 25.1 Å². The second-order valence-electron chi connectivity index (χ2n) is 8.99. The van der Waals surface area contributed by atoms with Crippen LogP contribution >= 0.6 is 11.8 Å². The molecule has 0 saturated carbocycles. The van der Waals surface area contributed by atoms with E-state index in [1.165, 1.54) is 0 Å². The van der Waals surface area contributed by atoms with Gasteiger partial charge in [0, 0.05) is 59.6 Å². The lowest BCUT2D eigenvalue weighted by molar-refractivity contribution is -0.130. The number of fused-ring (bicyclic) bond motifs is 2. The first-order valence-electron chi connectivity index (χ1n) is 11.9. The Morgan fingerprint density at radius 2 is 1.94 bits per heavy atom. The normalized spacial score (nSPS) is 20.2. The highest BCUT2D eigenvalue weighted by atomic mass is 32.2. The minimum Gasteiger partial charge on any atom is -0.382 e. The monoisotopic (exact) mass is 485 g/mol. The van der Waals surface area contributed by atoms with Gasteiger partial charge in [-0.2, -0.15) is 0 Å². The number of amides is 1. The van der Waals surface area contributed by atoms with Crippen molar-refractivity contribution in [2.45, 2.75) is 23.9 Å². The topological polar surface area (TPSA) is 103 Å². The molecule has 0 aliphatic carbocycles. The summed E-state index contributed by atoms with van der Waals surface area (Å²) in [5.74, 6) is 1.53. The average molecular weight is 486 g/mol. The number of amidine groups is 1. The molecule has 3 aliphatic rings. The number of thioether (sulfide) groups is 1. The molecule has 9 heteroatoms. The third kappa shape index (κ3) is 4.16. The minimum absolute atomic E-state index is 0.0696. The Morgan fingerprint density at radius 3 is 2.74 bits per heavy atom. The number of carbonyl (C=O) groups excluding carboxylic acids is 1. The number of aromatic nitrogens is 2. The molecular weight excluding hydrogens is 458 g/mol. The van der Waals surface area contributed by atoms with Crippen molar-refractivity contribution in [3.8, 4) is 0 Å². The number of aliphatic imine (C=N–C) groups is 1. The molecule has 6 rings (SSSR count). The Labute approximate surface area is 208 Å². The molecule has 0 bridgehead atoms. The largest absolute Gasteiger partial charge is 0.382 e. The smallest absolute Gasteiger partial charge is 0.232 e. The lowest BCUT2D eigenvalue weighted by atomic mass is 9.93. The molecule has 3 aromatic rings. The number of likely N-dealkylation sites (tertiary alicyclic amines) is 1. The number of carbonyl (C=O) groups is 1. The van der Waals surface area contributed by atoms with Gasteiger partial charge in [-0.05, 0) is 37.1 Å². The van der Waals surface area contributed by atoms with Crippen molar-refractivity contribution in [3.05, 3.63) is 78.6 Å². The molecular formula is C26H27N7OS. The molecule has 1 amide bonds. The van der Waals surface area contributed by atoms with Crippen molar-refractivity contribution in [2.75, 3.05) is 18.8 Å². The molecule has 0 spiro atoms.